The highest BCUT2D eigenvalue weighted by molar-refractivity contribution is 8.14. The lowest BCUT2D eigenvalue weighted by Gasteiger charge is -2.17. The number of hydrogen-bond donors (Lipinski definition) is 0. The first-order valence-corrected chi connectivity index (χ1v) is 9.40. The highest BCUT2D eigenvalue weighted by atomic mass is 35.5. The van der Waals surface area contributed by atoms with Gasteiger partial charge in [-0.3, -0.25) is 9.69 Å². The standard InChI is InChI=1S/C19H13Cl2N3OS/c1-12-2-5-14(6-3-12)24-18(25)17(23-19(24)26-9-8-22)11-13-4-7-15(20)16(21)10-13/h2-7,10-11H,9H2,1H3/b17-11+. The summed E-state index contributed by atoms with van der Waals surface area (Å²) in [6.45, 7) is 1.98. The number of carbonyl (C=O) groups excluding carboxylic acids is 1. The second-order valence-electron chi connectivity index (χ2n) is 5.52. The van der Waals surface area contributed by atoms with Crippen molar-refractivity contribution < 1.29 is 4.79 Å². The van der Waals surface area contributed by atoms with Crippen molar-refractivity contribution in [3.05, 3.63) is 69.3 Å². The van der Waals surface area contributed by atoms with Crippen molar-refractivity contribution >= 4 is 57.8 Å². The predicted octanol–water partition coefficient (Wildman–Crippen LogP) is 5.30. The molecule has 4 nitrogen and oxygen atoms in total. The monoisotopic (exact) mass is 401 g/mol. The van der Waals surface area contributed by atoms with Gasteiger partial charge in [-0.05, 0) is 42.8 Å². The molecule has 1 heterocycles. The molecule has 1 aliphatic rings. The number of anilines is 1. The van der Waals surface area contributed by atoms with Gasteiger partial charge >= 0.3 is 0 Å². The first-order chi connectivity index (χ1) is 12.5. The number of amides is 1. The van der Waals surface area contributed by atoms with Crippen LogP contribution in [0.5, 0.6) is 0 Å². The van der Waals surface area contributed by atoms with Crippen molar-refractivity contribution in [2.75, 3.05) is 10.7 Å². The predicted molar refractivity (Wildman–Crippen MR) is 109 cm³/mol. The van der Waals surface area contributed by atoms with E-state index in [0.717, 1.165) is 11.1 Å². The Labute approximate surface area is 165 Å². The fraction of sp³-hybridized carbons (Fsp3) is 0.105. The zero-order valence-electron chi connectivity index (χ0n) is 13.7. The van der Waals surface area contributed by atoms with E-state index in [1.807, 2.05) is 31.2 Å². The van der Waals surface area contributed by atoms with E-state index >= 15 is 0 Å². The Morgan fingerprint density at radius 2 is 1.92 bits per heavy atom. The molecule has 0 unspecified atom stereocenters. The van der Waals surface area contributed by atoms with E-state index < -0.39 is 0 Å². The Kier molecular flexibility index (Phi) is 5.67. The molecule has 26 heavy (non-hydrogen) atoms. The van der Waals surface area contributed by atoms with Gasteiger partial charge in [-0.15, -0.1) is 0 Å². The molecule has 3 rings (SSSR count). The fourth-order valence-electron chi connectivity index (χ4n) is 2.37. The maximum Gasteiger partial charge on any atom is 0.283 e. The van der Waals surface area contributed by atoms with E-state index in [1.165, 1.54) is 16.7 Å². The van der Waals surface area contributed by atoms with Crippen LogP contribution in [0.15, 0.2) is 53.2 Å². The van der Waals surface area contributed by atoms with Crippen LogP contribution in [0.25, 0.3) is 6.08 Å². The molecule has 0 aromatic heterocycles. The summed E-state index contributed by atoms with van der Waals surface area (Å²) in [5, 5.41) is 10.2. The lowest BCUT2D eigenvalue weighted by Crippen LogP contribution is -2.30. The molecule has 0 saturated carbocycles. The number of thioether (sulfide) groups is 1. The third kappa shape index (κ3) is 3.94. The summed E-state index contributed by atoms with van der Waals surface area (Å²) in [6, 6.07) is 14.7. The van der Waals surface area contributed by atoms with Crippen LogP contribution in [0.4, 0.5) is 5.69 Å². The van der Waals surface area contributed by atoms with E-state index in [4.69, 9.17) is 28.5 Å². The number of rotatable bonds is 3. The summed E-state index contributed by atoms with van der Waals surface area (Å²) in [7, 11) is 0. The summed E-state index contributed by atoms with van der Waals surface area (Å²) in [6.07, 6.45) is 1.66. The number of benzene rings is 2. The number of amidine groups is 1. The molecule has 0 atom stereocenters. The topological polar surface area (TPSA) is 56.5 Å². The smallest absolute Gasteiger partial charge is 0.266 e. The van der Waals surface area contributed by atoms with Gasteiger partial charge in [0.1, 0.15) is 5.70 Å². The molecular formula is C19H13Cl2N3OS. The van der Waals surface area contributed by atoms with Crippen molar-refractivity contribution in [2.24, 2.45) is 4.99 Å². The molecule has 1 aliphatic heterocycles. The number of carbonyl (C=O) groups is 1. The van der Waals surface area contributed by atoms with Gasteiger partial charge in [0, 0.05) is 0 Å². The SMILES string of the molecule is Cc1ccc(N2C(=O)/C(=C\c3ccc(Cl)c(Cl)c3)N=C2SCC#N)cc1. The van der Waals surface area contributed by atoms with Crippen LogP contribution < -0.4 is 4.90 Å². The molecule has 7 heteroatoms. The fourth-order valence-corrected chi connectivity index (χ4v) is 3.35. The molecule has 2 aromatic rings. The van der Waals surface area contributed by atoms with Gasteiger partial charge in [0.2, 0.25) is 0 Å². The van der Waals surface area contributed by atoms with Gasteiger partial charge in [0.25, 0.3) is 5.91 Å². The summed E-state index contributed by atoms with van der Waals surface area (Å²) >= 11 is 13.2. The zero-order valence-corrected chi connectivity index (χ0v) is 16.1. The highest BCUT2D eigenvalue weighted by Gasteiger charge is 2.31. The minimum atomic E-state index is -0.250. The van der Waals surface area contributed by atoms with E-state index in [9.17, 15) is 4.79 Å². The Morgan fingerprint density at radius 1 is 1.19 bits per heavy atom. The average molecular weight is 402 g/mol. The Bertz CT molecular complexity index is 962. The Balaban J connectivity index is 1.99. The lowest BCUT2D eigenvalue weighted by atomic mass is 10.2. The normalized spacial score (nSPS) is 15.3. The van der Waals surface area contributed by atoms with E-state index in [0.29, 0.717) is 20.9 Å². The van der Waals surface area contributed by atoms with Crippen LogP contribution >= 0.6 is 35.0 Å². The van der Waals surface area contributed by atoms with Crippen LogP contribution in [-0.4, -0.2) is 16.8 Å². The van der Waals surface area contributed by atoms with Crippen LogP contribution in [0, 0.1) is 18.3 Å². The number of nitrogens with zero attached hydrogens (tertiary/aromatic N) is 3. The molecule has 130 valence electrons. The van der Waals surface area contributed by atoms with E-state index in [2.05, 4.69) is 11.1 Å². The van der Waals surface area contributed by atoms with Crippen LogP contribution in [0.1, 0.15) is 11.1 Å². The molecule has 0 N–H and O–H groups in total. The van der Waals surface area contributed by atoms with Crippen molar-refractivity contribution in [3.8, 4) is 6.07 Å². The highest BCUT2D eigenvalue weighted by Crippen LogP contribution is 2.30. The second kappa shape index (κ2) is 7.96. The number of aliphatic imine (C=N–C) groups is 1. The number of hydrogen-bond acceptors (Lipinski definition) is 4. The number of halogens is 2. The molecule has 0 bridgehead atoms. The largest absolute Gasteiger partial charge is 0.283 e. The van der Waals surface area contributed by atoms with Gasteiger partial charge in [-0.25, -0.2) is 4.99 Å². The number of nitriles is 1. The van der Waals surface area contributed by atoms with E-state index in [-0.39, 0.29) is 17.4 Å². The maximum atomic E-state index is 12.9. The Hall–Kier alpha value is -2.26. The Morgan fingerprint density at radius 3 is 2.58 bits per heavy atom. The first-order valence-electron chi connectivity index (χ1n) is 7.66. The molecule has 0 spiro atoms. The molecule has 2 aromatic carbocycles. The zero-order chi connectivity index (χ0) is 18.7. The van der Waals surface area contributed by atoms with Crippen molar-refractivity contribution in [1.82, 2.24) is 0 Å². The van der Waals surface area contributed by atoms with Crippen LogP contribution in [0.3, 0.4) is 0 Å². The summed E-state index contributed by atoms with van der Waals surface area (Å²) in [5.41, 5.74) is 2.81. The summed E-state index contributed by atoms with van der Waals surface area (Å²) in [4.78, 5) is 18.9. The van der Waals surface area contributed by atoms with Gasteiger partial charge in [-0.2, -0.15) is 5.26 Å². The molecule has 1 amide bonds. The van der Waals surface area contributed by atoms with Crippen molar-refractivity contribution in [3.63, 3.8) is 0 Å². The minimum absolute atomic E-state index is 0.203. The van der Waals surface area contributed by atoms with Crippen LogP contribution in [-0.2, 0) is 4.79 Å². The maximum absolute atomic E-state index is 12.9. The number of aryl methyl sites for hydroxylation is 1. The summed E-state index contributed by atoms with van der Waals surface area (Å²) in [5.74, 6) is -0.0468. The second-order valence-corrected chi connectivity index (χ2v) is 7.28. The third-order valence-corrected chi connectivity index (χ3v) is 5.18. The third-order valence-electron chi connectivity index (χ3n) is 3.63. The van der Waals surface area contributed by atoms with Gasteiger partial charge < -0.3 is 0 Å². The van der Waals surface area contributed by atoms with E-state index in [1.54, 1.807) is 24.3 Å². The van der Waals surface area contributed by atoms with Gasteiger partial charge in [0.05, 0.1) is 27.6 Å². The molecular weight excluding hydrogens is 389 g/mol. The molecule has 0 fully saturated rings. The summed E-state index contributed by atoms with van der Waals surface area (Å²) < 4.78 is 0. The first kappa shape index (κ1) is 18.5. The lowest BCUT2D eigenvalue weighted by molar-refractivity contribution is -0.113. The minimum Gasteiger partial charge on any atom is -0.266 e. The van der Waals surface area contributed by atoms with Crippen LogP contribution in [0.2, 0.25) is 10.0 Å². The van der Waals surface area contributed by atoms with Crippen molar-refractivity contribution in [2.45, 2.75) is 6.92 Å². The van der Waals surface area contributed by atoms with Gasteiger partial charge in [-0.1, -0.05) is 58.7 Å². The molecule has 0 radical (unpaired) electrons. The molecule has 0 aliphatic carbocycles. The molecule has 0 saturated heterocycles. The van der Waals surface area contributed by atoms with Crippen molar-refractivity contribution in [1.29, 1.82) is 5.26 Å². The van der Waals surface area contributed by atoms with Gasteiger partial charge in [0.15, 0.2) is 5.17 Å². The quantitative estimate of drug-likeness (QED) is 0.655. The average Bonchev–Trinajstić information content (AvgIpc) is 2.93.